The molecule has 0 aromatic rings. The molecule has 2 heterocycles. The number of halogens is 1. The number of carbonyl (C=O) groups excluding carboxylic acids is 1. The van der Waals surface area contributed by atoms with Crippen LogP contribution in [0, 0.1) is 0 Å². The molecule has 0 unspecified atom stereocenters. The van der Waals surface area contributed by atoms with Gasteiger partial charge in [-0.05, 0) is 31.8 Å². The minimum Gasteiger partial charge on any atom is -0.390 e. The van der Waals surface area contributed by atoms with Crippen molar-refractivity contribution in [3.05, 3.63) is 22.9 Å². The number of likely N-dealkylation sites (tertiary alicyclic amines) is 1. The van der Waals surface area contributed by atoms with Crippen molar-refractivity contribution in [1.29, 1.82) is 0 Å². The average molecular weight is 385 g/mol. The third-order valence-electron chi connectivity index (χ3n) is 5.01. The third-order valence-corrected chi connectivity index (χ3v) is 5.29. The fourth-order valence-corrected chi connectivity index (χ4v) is 3.44. The Balaban J connectivity index is 1.93. The van der Waals surface area contributed by atoms with Gasteiger partial charge in [-0.3, -0.25) is 4.79 Å². The molecule has 146 valence electrons. The summed E-state index contributed by atoms with van der Waals surface area (Å²) >= 11 is 5.93. The van der Waals surface area contributed by atoms with Crippen molar-refractivity contribution in [1.82, 2.24) is 10.2 Å². The van der Waals surface area contributed by atoms with Gasteiger partial charge in [0.15, 0.2) is 0 Å². The molecule has 2 aliphatic rings. The van der Waals surface area contributed by atoms with Crippen LogP contribution in [0.15, 0.2) is 27.9 Å². The van der Waals surface area contributed by atoms with Gasteiger partial charge in [0.05, 0.1) is 19.0 Å². The number of methoxy groups -OCH3 is 1. The van der Waals surface area contributed by atoms with Crippen LogP contribution in [-0.2, 0) is 14.3 Å². The average Bonchev–Trinajstić information content (AvgIpc) is 2.66. The molecule has 7 nitrogen and oxygen atoms in total. The Labute approximate surface area is 160 Å². The van der Waals surface area contributed by atoms with E-state index in [2.05, 4.69) is 16.9 Å². The van der Waals surface area contributed by atoms with E-state index in [1.807, 2.05) is 0 Å². The first kappa shape index (κ1) is 20.9. The van der Waals surface area contributed by atoms with Crippen LogP contribution in [0.4, 0.5) is 0 Å². The molecule has 2 saturated heterocycles. The first-order valence-electron chi connectivity index (χ1n) is 8.93. The molecule has 1 amide bonds. The van der Waals surface area contributed by atoms with Gasteiger partial charge in [-0.2, -0.15) is 0 Å². The van der Waals surface area contributed by atoms with Crippen molar-refractivity contribution in [3.63, 3.8) is 0 Å². The Morgan fingerprint density at radius 3 is 2.69 bits per heavy atom. The monoisotopic (exact) mass is 384 g/mol. The maximum atomic E-state index is 12.8. The number of hydrogen-bond donors (Lipinski definition) is 2. The largest absolute Gasteiger partial charge is 0.390 e. The number of rotatable bonds is 6. The van der Waals surface area contributed by atoms with Gasteiger partial charge in [0.2, 0.25) is 0 Å². The highest BCUT2D eigenvalue weighted by atomic mass is 35.5. The fraction of sp³-hybridized carbons (Fsp3) is 0.667. The standard InChI is InChI=1S/C18H29ClN4O3/c1-12(13(2)19)17(21-11-20)18(24)23-7-4-14(5-8-23)22-15-6-9-26-10-16(15)25-3/h11,14-16,22H,2,4-10H2,1,3H3,(H2,20,21)/b17-12-/t15-,16+/m0/s1. The van der Waals surface area contributed by atoms with Gasteiger partial charge in [-0.1, -0.05) is 18.2 Å². The molecule has 2 aliphatic heterocycles. The zero-order valence-corrected chi connectivity index (χ0v) is 16.3. The molecule has 26 heavy (non-hydrogen) atoms. The number of allylic oxidation sites excluding steroid dienone is 2. The smallest absolute Gasteiger partial charge is 0.272 e. The number of carbonyl (C=O) groups is 1. The summed E-state index contributed by atoms with van der Waals surface area (Å²) in [4.78, 5) is 18.6. The molecule has 0 saturated carbocycles. The highest BCUT2D eigenvalue weighted by molar-refractivity contribution is 6.32. The Hall–Kier alpha value is -1.41. The number of ether oxygens (including phenoxy) is 2. The van der Waals surface area contributed by atoms with E-state index in [0.29, 0.717) is 42.4 Å². The minimum absolute atomic E-state index is 0.0780. The third kappa shape index (κ3) is 5.30. The number of piperidine rings is 1. The second-order valence-corrected chi connectivity index (χ2v) is 7.09. The van der Waals surface area contributed by atoms with Gasteiger partial charge in [-0.25, -0.2) is 4.99 Å². The maximum Gasteiger partial charge on any atom is 0.272 e. The second-order valence-electron chi connectivity index (χ2n) is 6.63. The molecule has 3 N–H and O–H groups in total. The van der Waals surface area contributed by atoms with Gasteiger partial charge >= 0.3 is 0 Å². The van der Waals surface area contributed by atoms with E-state index in [-0.39, 0.29) is 17.7 Å². The summed E-state index contributed by atoms with van der Waals surface area (Å²) < 4.78 is 11.0. The van der Waals surface area contributed by atoms with Crippen LogP contribution in [0.1, 0.15) is 26.2 Å². The van der Waals surface area contributed by atoms with Crippen LogP contribution < -0.4 is 11.1 Å². The zero-order chi connectivity index (χ0) is 19.1. The first-order valence-corrected chi connectivity index (χ1v) is 9.31. The number of nitrogens with two attached hydrogens (primary N) is 1. The summed E-state index contributed by atoms with van der Waals surface area (Å²) in [7, 11) is 1.72. The van der Waals surface area contributed by atoms with Gasteiger partial charge in [-0.15, -0.1) is 0 Å². The molecule has 0 bridgehead atoms. The number of hydrogen-bond acceptors (Lipinski definition) is 5. The quantitative estimate of drug-likeness (QED) is 0.312. The van der Waals surface area contributed by atoms with Crippen LogP contribution in [0.5, 0.6) is 0 Å². The van der Waals surface area contributed by atoms with Crippen molar-refractivity contribution in [3.8, 4) is 0 Å². The Morgan fingerprint density at radius 1 is 1.42 bits per heavy atom. The molecule has 8 heteroatoms. The molecule has 2 rings (SSSR count). The fourth-order valence-electron chi connectivity index (χ4n) is 3.35. The summed E-state index contributed by atoms with van der Waals surface area (Å²) in [6, 6.07) is 0.648. The minimum atomic E-state index is -0.162. The molecule has 2 atom stereocenters. The molecular formula is C18H29ClN4O3. The summed E-state index contributed by atoms with van der Waals surface area (Å²) in [6.45, 7) is 8.08. The highest BCUT2D eigenvalue weighted by Gasteiger charge is 2.31. The van der Waals surface area contributed by atoms with Gasteiger partial charge in [0.1, 0.15) is 5.70 Å². The molecule has 0 aromatic heterocycles. The van der Waals surface area contributed by atoms with Gasteiger partial charge in [0, 0.05) is 43.9 Å². The van der Waals surface area contributed by atoms with E-state index in [1.165, 1.54) is 0 Å². The van der Waals surface area contributed by atoms with Crippen molar-refractivity contribution in [2.75, 3.05) is 33.4 Å². The number of amides is 1. The van der Waals surface area contributed by atoms with Crippen LogP contribution in [0.25, 0.3) is 0 Å². The number of nitrogens with zero attached hydrogens (tertiary/aromatic N) is 2. The van der Waals surface area contributed by atoms with Crippen LogP contribution in [0.3, 0.4) is 0 Å². The summed E-state index contributed by atoms with van der Waals surface area (Å²) in [5.74, 6) is -0.162. The molecule has 0 spiro atoms. The molecule has 0 radical (unpaired) electrons. The molecule has 0 aliphatic carbocycles. The predicted octanol–water partition coefficient (Wildman–Crippen LogP) is 1.38. The van der Waals surface area contributed by atoms with Crippen molar-refractivity contribution < 1.29 is 14.3 Å². The van der Waals surface area contributed by atoms with Gasteiger partial charge < -0.3 is 25.4 Å². The predicted molar refractivity (Wildman–Crippen MR) is 103 cm³/mol. The van der Waals surface area contributed by atoms with E-state index in [9.17, 15) is 4.79 Å². The van der Waals surface area contributed by atoms with Gasteiger partial charge in [0.25, 0.3) is 5.91 Å². The van der Waals surface area contributed by atoms with E-state index in [4.69, 9.17) is 26.8 Å². The van der Waals surface area contributed by atoms with E-state index in [1.54, 1.807) is 18.9 Å². The van der Waals surface area contributed by atoms with Crippen LogP contribution in [0.2, 0.25) is 0 Å². The molecule has 2 fully saturated rings. The topological polar surface area (TPSA) is 89.2 Å². The lowest BCUT2D eigenvalue weighted by Crippen LogP contribution is -2.54. The second kappa shape index (κ2) is 10.1. The van der Waals surface area contributed by atoms with Crippen molar-refractivity contribution in [2.24, 2.45) is 10.7 Å². The SMILES string of the molecule is C=C(Cl)/C(C)=C(\N=CN)C(=O)N1CCC(N[C@H]2CCOC[C@H]2OC)CC1. The van der Waals surface area contributed by atoms with Crippen LogP contribution >= 0.6 is 11.6 Å². The summed E-state index contributed by atoms with van der Waals surface area (Å²) in [5.41, 5.74) is 6.18. The van der Waals surface area contributed by atoms with E-state index in [0.717, 1.165) is 32.2 Å². The molecular weight excluding hydrogens is 356 g/mol. The Kier molecular flexibility index (Phi) is 8.09. The zero-order valence-electron chi connectivity index (χ0n) is 15.5. The normalized spacial score (nSPS) is 26.0. The Bertz CT molecular complexity index is 571. The summed E-state index contributed by atoms with van der Waals surface area (Å²) in [5, 5.41) is 3.97. The van der Waals surface area contributed by atoms with Crippen molar-refractivity contribution in [2.45, 2.75) is 44.4 Å². The van der Waals surface area contributed by atoms with E-state index >= 15 is 0 Å². The number of aliphatic imine (C=N–C) groups is 1. The van der Waals surface area contributed by atoms with Crippen LogP contribution in [-0.4, -0.2) is 68.7 Å². The maximum absolute atomic E-state index is 12.8. The highest BCUT2D eigenvalue weighted by Crippen LogP contribution is 2.22. The Morgan fingerprint density at radius 2 is 2.12 bits per heavy atom. The van der Waals surface area contributed by atoms with Crippen molar-refractivity contribution >= 4 is 23.8 Å². The van der Waals surface area contributed by atoms with E-state index < -0.39 is 0 Å². The lowest BCUT2D eigenvalue weighted by atomic mass is 9.99. The first-order chi connectivity index (χ1) is 12.5. The lowest BCUT2D eigenvalue weighted by Gasteiger charge is -2.38. The number of nitrogens with one attached hydrogen (secondary N) is 1. The summed E-state index contributed by atoms with van der Waals surface area (Å²) in [6.07, 6.45) is 3.88. The lowest BCUT2D eigenvalue weighted by molar-refractivity contribution is -0.128. The molecule has 0 aromatic carbocycles.